The molecule has 0 aliphatic carbocycles. The molecule has 2 unspecified atom stereocenters. The number of aromatic nitrogens is 1. The molecule has 0 bridgehead atoms. The van der Waals surface area contributed by atoms with Crippen LogP contribution in [0.5, 0.6) is 0 Å². The van der Waals surface area contributed by atoms with E-state index in [0.29, 0.717) is 18.2 Å². The van der Waals surface area contributed by atoms with Gasteiger partial charge in [0.05, 0.1) is 11.5 Å². The molecule has 6 heteroatoms. The van der Waals surface area contributed by atoms with Gasteiger partial charge in [0.25, 0.3) is 0 Å². The summed E-state index contributed by atoms with van der Waals surface area (Å²) < 4.78 is 26.2. The van der Waals surface area contributed by atoms with Crippen LogP contribution in [0.25, 0.3) is 0 Å². The summed E-state index contributed by atoms with van der Waals surface area (Å²) in [5, 5.41) is 8.94. The molecule has 0 radical (unpaired) electrons. The second-order valence-corrected chi connectivity index (χ2v) is 6.67. The van der Waals surface area contributed by atoms with Gasteiger partial charge in [-0.2, -0.15) is 4.31 Å². The average Bonchev–Trinajstić information content (AvgIpc) is 2.85. The number of aliphatic hydroxyl groups excluding tert-OH is 1. The smallest absolute Gasteiger partial charge is 0.244 e. The van der Waals surface area contributed by atoms with Crippen LogP contribution in [0.1, 0.15) is 26.0 Å². The fourth-order valence-electron chi connectivity index (χ4n) is 2.39. The minimum Gasteiger partial charge on any atom is -0.390 e. The second-order valence-electron chi connectivity index (χ2n) is 4.78. The monoisotopic (exact) mass is 258 g/mol. The van der Waals surface area contributed by atoms with Gasteiger partial charge in [-0.25, -0.2) is 8.42 Å². The zero-order valence-corrected chi connectivity index (χ0v) is 10.9. The second kappa shape index (κ2) is 4.44. The van der Waals surface area contributed by atoms with Crippen LogP contribution in [0.3, 0.4) is 0 Å². The van der Waals surface area contributed by atoms with Gasteiger partial charge in [0, 0.05) is 24.5 Å². The minimum absolute atomic E-state index is 0.0440. The summed E-state index contributed by atoms with van der Waals surface area (Å²) in [5.74, 6) is 0.399. The van der Waals surface area contributed by atoms with E-state index in [1.807, 2.05) is 6.92 Å². The van der Waals surface area contributed by atoms with Crippen molar-refractivity contribution >= 4 is 10.0 Å². The summed E-state index contributed by atoms with van der Waals surface area (Å²) in [6.07, 6.45) is 2.34. The van der Waals surface area contributed by atoms with Crippen molar-refractivity contribution in [1.29, 1.82) is 0 Å². The Morgan fingerprint density at radius 3 is 2.71 bits per heavy atom. The molecule has 2 N–H and O–H groups in total. The molecular weight excluding hydrogens is 240 g/mol. The molecule has 1 fully saturated rings. The number of rotatable bonds is 3. The van der Waals surface area contributed by atoms with Crippen molar-refractivity contribution in [3.05, 3.63) is 18.0 Å². The van der Waals surface area contributed by atoms with Crippen LogP contribution in [-0.4, -0.2) is 35.4 Å². The highest BCUT2D eigenvalue weighted by Gasteiger charge is 2.36. The molecule has 1 aromatic rings. The molecule has 1 saturated heterocycles. The number of hydrogen-bond acceptors (Lipinski definition) is 3. The zero-order valence-electron chi connectivity index (χ0n) is 10.0. The third-order valence-corrected chi connectivity index (χ3v) is 5.18. The highest BCUT2D eigenvalue weighted by Crippen LogP contribution is 2.29. The van der Waals surface area contributed by atoms with Gasteiger partial charge < -0.3 is 10.1 Å². The standard InChI is InChI=1S/C11H18N2O3S/c1-8-3-9(2)13(6-8)17(15,16)11-4-10(7-14)12-5-11/h4-5,8-9,12,14H,3,6-7H2,1-2H3. The molecule has 2 atom stereocenters. The fraction of sp³-hybridized carbons (Fsp3) is 0.636. The van der Waals surface area contributed by atoms with Crippen molar-refractivity contribution in [1.82, 2.24) is 9.29 Å². The third-order valence-electron chi connectivity index (χ3n) is 3.22. The van der Waals surface area contributed by atoms with Crippen LogP contribution in [0.4, 0.5) is 0 Å². The van der Waals surface area contributed by atoms with Crippen molar-refractivity contribution in [2.75, 3.05) is 6.54 Å². The quantitative estimate of drug-likeness (QED) is 0.847. The third kappa shape index (κ3) is 2.25. The summed E-state index contributed by atoms with van der Waals surface area (Å²) in [7, 11) is -3.42. The van der Waals surface area contributed by atoms with Crippen LogP contribution in [0, 0.1) is 5.92 Å². The number of nitrogens with zero attached hydrogens (tertiary/aromatic N) is 1. The van der Waals surface area contributed by atoms with Crippen molar-refractivity contribution < 1.29 is 13.5 Å². The van der Waals surface area contributed by atoms with Crippen LogP contribution in [0.15, 0.2) is 17.2 Å². The minimum atomic E-state index is -3.42. The number of nitrogens with one attached hydrogen (secondary N) is 1. The lowest BCUT2D eigenvalue weighted by molar-refractivity contribution is 0.277. The van der Waals surface area contributed by atoms with Crippen LogP contribution < -0.4 is 0 Å². The SMILES string of the molecule is CC1CC(C)N(S(=O)(=O)c2c[nH]c(CO)c2)C1. The van der Waals surface area contributed by atoms with Gasteiger partial charge in [-0.1, -0.05) is 6.92 Å². The average molecular weight is 258 g/mol. The van der Waals surface area contributed by atoms with Crippen LogP contribution in [-0.2, 0) is 16.6 Å². The zero-order chi connectivity index (χ0) is 12.6. The lowest BCUT2D eigenvalue weighted by atomic mass is 10.1. The van der Waals surface area contributed by atoms with Gasteiger partial charge in [0.2, 0.25) is 10.0 Å². The first-order valence-electron chi connectivity index (χ1n) is 5.75. The number of aliphatic hydroxyl groups is 1. The van der Waals surface area contributed by atoms with E-state index in [2.05, 4.69) is 11.9 Å². The molecule has 2 heterocycles. The first-order valence-corrected chi connectivity index (χ1v) is 7.19. The normalized spacial score (nSPS) is 26.5. The molecule has 1 aliphatic rings. The summed E-state index contributed by atoms with van der Waals surface area (Å²) in [4.78, 5) is 2.99. The van der Waals surface area contributed by atoms with Crippen LogP contribution >= 0.6 is 0 Å². The first kappa shape index (κ1) is 12.6. The molecule has 0 aromatic carbocycles. The van der Waals surface area contributed by atoms with E-state index >= 15 is 0 Å². The molecule has 1 aromatic heterocycles. The van der Waals surface area contributed by atoms with E-state index in [4.69, 9.17) is 5.11 Å². The number of hydrogen-bond donors (Lipinski definition) is 2. The Morgan fingerprint density at radius 2 is 2.24 bits per heavy atom. The molecular formula is C11H18N2O3S. The van der Waals surface area contributed by atoms with Crippen molar-refractivity contribution in [3.8, 4) is 0 Å². The summed E-state index contributed by atoms with van der Waals surface area (Å²) >= 11 is 0. The topological polar surface area (TPSA) is 73.4 Å². The summed E-state index contributed by atoms with van der Waals surface area (Å²) in [6, 6.07) is 1.54. The van der Waals surface area contributed by atoms with Gasteiger partial charge in [-0.15, -0.1) is 0 Å². The molecule has 5 nitrogen and oxygen atoms in total. The maximum Gasteiger partial charge on any atom is 0.244 e. The van der Waals surface area contributed by atoms with E-state index in [0.717, 1.165) is 6.42 Å². The molecule has 2 rings (SSSR count). The highest BCUT2D eigenvalue weighted by molar-refractivity contribution is 7.89. The fourth-order valence-corrected chi connectivity index (χ4v) is 4.17. The van der Waals surface area contributed by atoms with Crippen molar-refractivity contribution in [2.45, 2.75) is 37.8 Å². The predicted molar refractivity (Wildman–Crippen MR) is 63.9 cm³/mol. The number of H-pyrrole nitrogens is 1. The lowest BCUT2D eigenvalue weighted by Gasteiger charge is -2.19. The maximum absolute atomic E-state index is 12.3. The number of sulfonamides is 1. The Kier molecular flexibility index (Phi) is 3.29. The van der Waals surface area contributed by atoms with Crippen LogP contribution in [0.2, 0.25) is 0 Å². The molecule has 0 amide bonds. The van der Waals surface area contributed by atoms with Crippen molar-refractivity contribution in [2.24, 2.45) is 5.92 Å². The van der Waals surface area contributed by atoms with E-state index in [1.54, 1.807) is 4.31 Å². The Bertz CT molecular complexity index is 495. The maximum atomic E-state index is 12.3. The van der Waals surface area contributed by atoms with Gasteiger partial charge >= 0.3 is 0 Å². The Balaban J connectivity index is 2.30. The predicted octanol–water partition coefficient (Wildman–Crippen LogP) is 0.926. The largest absolute Gasteiger partial charge is 0.390 e. The molecule has 96 valence electrons. The van der Waals surface area contributed by atoms with Gasteiger partial charge in [-0.3, -0.25) is 0 Å². The van der Waals surface area contributed by atoms with E-state index in [9.17, 15) is 8.42 Å². The van der Waals surface area contributed by atoms with E-state index < -0.39 is 10.0 Å². The summed E-state index contributed by atoms with van der Waals surface area (Å²) in [5.41, 5.74) is 0.517. The van der Waals surface area contributed by atoms with Crippen molar-refractivity contribution in [3.63, 3.8) is 0 Å². The number of aromatic amines is 1. The molecule has 1 aliphatic heterocycles. The Morgan fingerprint density at radius 1 is 1.53 bits per heavy atom. The van der Waals surface area contributed by atoms with E-state index in [-0.39, 0.29) is 17.5 Å². The first-order chi connectivity index (χ1) is 7.95. The van der Waals surface area contributed by atoms with Gasteiger partial charge in [0.1, 0.15) is 0 Å². The molecule has 0 spiro atoms. The summed E-state index contributed by atoms with van der Waals surface area (Å²) in [6.45, 7) is 4.38. The highest BCUT2D eigenvalue weighted by atomic mass is 32.2. The Hall–Kier alpha value is -0.850. The molecule has 0 saturated carbocycles. The van der Waals surface area contributed by atoms with Gasteiger partial charge in [0.15, 0.2) is 0 Å². The molecule has 17 heavy (non-hydrogen) atoms. The van der Waals surface area contributed by atoms with E-state index in [1.165, 1.54) is 12.3 Å². The Labute approximate surface area is 102 Å². The van der Waals surface area contributed by atoms with Gasteiger partial charge in [-0.05, 0) is 25.3 Å². The lowest BCUT2D eigenvalue weighted by Crippen LogP contribution is -2.33.